The third kappa shape index (κ3) is 2.49. The molecule has 0 saturated heterocycles. The maximum Gasteiger partial charge on any atom is 0.262 e. The minimum Gasteiger partial charge on any atom is -0.294 e. The van der Waals surface area contributed by atoms with Crippen molar-refractivity contribution in [2.24, 2.45) is 0 Å². The molecule has 0 aliphatic rings. The summed E-state index contributed by atoms with van der Waals surface area (Å²) in [5, 5.41) is 0.785. The Morgan fingerprint density at radius 1 is 1.29 bits per heavy atom. The first kappa shape index (κ1) is 13.9. The monoisotopic (exact) mass is 299 g/mol. The van der Waals surface area contributed by atoms with E-state index in [9.17, 15) is 4.79 Å². The summed E-state index contributed by atoms with van der Waals surface area (Å²) in [6.45, 7) is 6.62. The Labute approximate surface area is 127 Å². The van der Waals surface area contributed by atoms with Crippen molar-refractivity contribution in [3.8, 4) is 0 Å². The van der Waals surface area contributed by atoms with Gasteiger partial charge in [0, 0.05) is 16.8 Å². The molecule has 0 aromatic carbocycles. The van der Waals surface area contributed by atoms with Crippen molar-refractivity contribution in [3.63, 3.8) is 0 Å². The van der Waals surface area contributed by atoms with Crippen LogP contribution in [0.2, 0.25) is 0 Å². The molecule has 3 aromatic heterocycles. The summed E-state index contributed by atoms with van der Waals surface area (Å²) in [5.74, 6) is 0. The van der Waals surface area contributed by atoms with Crippen LogP contribution in [-0.4, -0.2) is 14.5 Å². The molecule has 0 aliphatic carbocycles. The first-order valence-corrected chi connectivity index (χ1v) is 7.80. The number of rotatable bonds is 3. The van der Waals surface area contributed by atoms with Crippen molar-refractivity contribution < 1.29 is 0 Å². The topological polar surface area (TPSA) is 47.8 Å². The van der Waals surface area contributed by atoms with E-state index in [0.29, 0.717) is 6.54 Å². The standard InChI is InChI=1S/C16H17N3OS/c1-4-13-11(3)21-15-14(13)16(20)19(9-18-15)8-12-5-6-17-10(2)7-12/h5-7,9H,4,8H2,1-3H3. The SMILES string of the molecule is CCc1c(C)sc2ncn(Cc3ccnc(C)c3)c(=O)c12. The van der Waals surface area contributed by atoms with E-state index in [-0.39, 0.29) is 5.56 Å². The van der Waals surface area contributed by atoms with E-state index in [1.807, 2.05) is 19.1 Å². The van der Waals surface area contributed by atoms with Crippen LogP contribution in [0.15, 0.2) is 29.5 Å². The van der Waals surface area contributed by atoms with Gasteiger partial charge in [-0.2, -0.15) is 0 Å². The third-order valence-electron chi connectivity index (χ3n) is 3.65. The predicted molar refractivity (Wildman–Crippen MR) is 86.1 cm³/mol. The highest BCUT2D eigenvalue weighted by Crippen LogP contribution is 2.26. The number of hydrogen-bond donors (Lipinski definition) is 0. The highest BCUT2D eigenvalue weighted by atomic mass is 32.1. The van der Waals surface area contributed by atoms with Crippen molar-refractivity contribution in [1.82, 2.24) is 14.5 Å². The molecular formula is C16H17N3OS. The van der Waals surface area contributed by atoms with E-state index >= 15 is 0 Å². The van der Waals surface area contributed by atoms with Gasteiger partial charge in [0.2, 0.25) is 0 Å². The zero-order valence-corrected chi connectivity index (χ0v) is 13.2. The molecule has 21 heavy (non-hydrogen) atoms. The van der Waals surface area contributed by atoms with Crippen LogP contribution in [0, 0.1) is 13.8 Å². The van der Waals surface area contributed by atoms with Crippen LogP contribution < -0.4 is 5.56 Å². The lowest BCUT2D eigenvalue weighted by Gasteiger charge is -2.06. The molecule has 0 fully saturated rings. The maximum atomic E-state index is 12.7. The second kappa shape index (κ2) is 5.41. The summed E-state index contributed by atoms with van der Waals surface area (Å²) >= 11 is 1.60. The minimum absolute atomic E-state index is 0.0515. The Hall–Kier alpha value is -2.01. The van der Waals surface area contributed by atoms with Crippen LogP contribution in [0.4, 0.5) is 0 Å². The second-order valence-electron chi connectivity index (χ2n) is 5.15. The van der Waals surface area contributed by atoms with Gasteiger partial charge in [-0.25, -0.2) is 4.98 Å². The van der Waals surface area contributed by atoms with Crippen molar-refractivity contribution >= 4 is 21.6 Å². The van der Waals surface area contributed by atoms with Gasteiger partial charge >= 0.3 is 0 Å². The van der Waals surface area contributed by atoms with Crippen molar-refractivity contribution in [2.75, 3.05) is 0 Å². The van der Waals surface area contributed by atoms with Gasteiger partial charge < -0.3 is 0 Å². The van der Waals surface area contributed by atoms with E-state index < -0.39 is 0 Å². The van der Waals surface area contributed by atoms with E-state index in [1.54, 1.807) is 28.4 Å². The van der Waals surface area contributed by atoms with Crippen LogP contribution in [0.3, 0.4) is 0 Å². The van der Waals surface area contributed by atoms with Gasteiger partial charge in [0.15, 0.2) is 0 Å². The number of pyridine rings is 1. The van der Waals surface area contributed by atoms with E-state index in [1.165, 1.54) is 4.88 Å². The normalized spacial score (nSPS) is 11.2. The Kier molecular flexibility index (Phi) is 3.59. The summed E-state index contributed by atoms with van der Waals surface area (Å²) in [6.07, 6.45) is 4.28. The van der Waals surface area contributed by atoms with Crippen molar-refractivity contribution in [1.29, 1.82) is 0 Å². The maximum absolute atomic E-state index is 12.7. The highest BCUT2D eigenvalue weighted by molar-refractivity contribution is 7.18. The molecule has 0 bridgehead atoms. The van der Waals surface area contributed by atoms with Gasteiger partial charge in [-0.15, -0.1) is 11.3 Å². The van der Waals surface area contributed by atoms with E-state index in [2.05, 4.69) is 23.8 Å². The molecule has 5 heteroatoms. The molecule has 0 amide bonds. The molecule has 3 rings (SSSR count). The molecule has 0 unspecified atom stereocenters. The number of aromatic nitrogens is 3. The van der Waals surface area contributed by atoms with E-state index in [4.69, 9.17) is 0 Å². The first-order chi connectivity index (χ1) is 10.1. The van der Waals surface area contributed by atoms with Gasteiger partial charge in [-0.3, -0.25) is 14.3 Å². The Morgan fingerprint density at radius 2 is 2.10 bits per heavy atom. The number of aryl methyl sites for hydroxylation is 3. The molecule has 108 valence electrons. The fourth-order valence-electron chi connectivity index (χ4n) is 2.63. The lowest BCUT2D eigenvalue weighted by molar-refractivity contribution is 0.746. The van der Waals surface area contributed by atoms with Crippen LogP contribution in [-0.2, 0) is 13.0 Å². The van der Waals surface area contributed by atoms with Gasteiger partial charge in [0.05, 0.1) is 18.3 Å². The molecule has 3 aromatic rings. The smallest absolute Gasteiger partial charge is 0.262 e. The minimum atomic E-state index is 0.0515. The first-order valence-electron chi connectivity index (χ1n) is 6.99. The Bertz CT molecular complexity index is 864. The summed E-state index contributed by atoms with van der Waals surface area (Å²) < 4.78 is 1.68. The van der Waals surface area contributed by atoms with Crippen LogP contribution in [0.25, 0.3) is 10.2 Å². The van der Waals surface area contributed by atoms with Gasteiger partial charge in [-0.05, 0) is 43.5 Å². The van der Waals surface area contributed by atoms with Crippen molar-refractivity contribution in [3.05, 3.63) is 56.7 Å². The molecule has 4 nitrogen and oxygen atoms in total. The lowest BCUT2D eigenvalue weighted by atomic mass is 10.1. The lowest BCUT2D eigenvalue weighted by Crippen LogP contribution is -2.21. The van der Waals surface area contributed by atoms with Crippen LogP contribution in [0.1, 0.15) is 28.6 Å². The fourth-order valence-corrected chi connectivity index (χ4v) is 3.70. The molecule has 0 N–H and O–H groups in total. The van der Waals surface area contributed by atoms with Crippen LogP contribution in [0.5, 0.6) is 0 Å². The molecule has 0 saturated carbocycles. The number of fused-ring (bicyclic) bond motifs is 1. The fraction of sp³-hybridized carbons (Fsp3) is 0.312. The molecule has 0 atom stereocenters. The van der Waals surface area contributed by atoms with Crippen LogP contribution >= 0.6 is 11.3 Å². The average Bonchev–Trinajstić information content (AvgIpc) is 2.78. The quantitative estimate of drug-likeness (QED) is 0.746. The van der Waals surface area contributed by atoms with Gasteiger partial charge in [0.25, 0.3) is 5.56 Å². The highest BCUT2D eigenvalue weighted by Gasteiger charge is 2.13. The largest absolute Gasteiger partial charge is 0.294 e. The number of thiophene rings is 1. The van der Waals surface area contributed by atoms with Gasteiger partial charge in [-0.1, -0.05) is 6.92 Å². The zero-order valence-electron chi connectivity index (χ0n) is 12.4. The molecule has 3 heterocycles. The second-order valence-corrected chi connectivity index (χ2v) is 6.36. The summed E-state index contributed by atoms with van der Waals surface area (Å²) in [5.41, 5.74) is 3.20. The average molecular weight is 299 g/mol. The number of nitrogens with zero attached hydrogens (tertiary/aromatic N) is 3. The Balaban J connectivity index is 2.12. The summed E-state index contributed by atoms with van der Waals surface area (Å²) in [4.78, 5) is 23.4. The molecular weight excluding hydrogens is 282 g/mol. The molecule has 0 spiro atoms. The zero-order chi connectivity index (χ0) is 15.0. The van der Waals surface area contributed by atoms with Crippen molar-refractivity contribution in [2.45, 2.75) is 33.7 Å². The Morgan fingerprint density at radius 3 is 2.81 bits per heavy atom. The molecule has 0 radical (unpaired) electrons. The summed E-state index contributed by atoms with van der Waals surface area (Å²) in [6, 6.07) is 3.93. The summed E-state index contributed by atoms with van der Waals surface area (Å²) in [7, 11) is 0. The van der Waals surface area contributed by atoms with Gasteiger partial charge in [0.1, 0.15) is 4.83 Å². The predicted octanol–water partition coefficient (Wildman–Crippen LogP) is 3.08. The third-order valence-corrected chi connectivity index (χ3v) is 4.70. The molecule has 0 aliphatic heterocycles. The number of hydrogen-bond acceptors (Lipinski definition) is 4. The van der Waals surface area contributed by atoms with E-state index in [0.717, 1.165) is 33.5 Å².